The smallest absolute Gasteiger partial charge is 0.275 e. The third-order valence-electron chi connectivity index (χ3n) is 5.68. The first-order valence-electron chi connectivity index (χ1n) is 9.84. The number of hydrogen-bond acceptors (Lipinski definition) is 8. The van der Waals surface area contributed by atoms with E-state index in [1.165, 1.54) is 36.3 Å². The zero-order valence-corrected chi connectivity index (χ0v) is 18.4. The number of ether oxygens (including phenoxy) is 2. The Hall–Kier alpha value is -3.16. The molecule has 1 amide bonds. The molecular formula is C22H22FN5O3S. The summed E-state index contributed by atoms with van der Waals surface area (Å²) in [4.78, 5) is 25.2. The SMILES string of the molecule is C#CCOc1cnc(C(=O)Nc2ccc(F)c([C@]3(C)N=C(N)S[C@@]4(COC)C[C@H]43)c2)cn1. The van der Waals surface area contributed by atoms with Crippen LogP contribution in [-0.4, -0.2) is 46.1 Å². The van der Waals surface area contributed by atoms with Crippen molar-refractivity contribution in [2.45, 2.75) is 23.6 Å². The zero-order chi connectivity index (χ0) is 22.9. The van der Waals surface area contributed by atoms with E-state index in [0.717, 1.165) is 6.42 Å². The molecule has 0 spiro atoms. The summed E-state index contributed by atoms with van der Waals surface area (Å²) < 4.78 is 25.2. The van der Waals surface area contributed by atoms with Gasteiger partial charge in [0.25, 0.3) is 5.91 Å². The maximum Gasteiger partial charge on any atom is 0.275 e. The number of carbonyl (C=O) groups excluding carboxylic acids is 1. The van der Waals surface area contributed by atoms with Crippen LogP contribution in [0, 0.1) is 24.1 Å². The van der Waals surface area contributed by atoms with Crippen LogP contribution in [-0.2, 0) is 10.3 Å². The van der Waals surface area contributed by atoms with E-state index >= 15 is 0 Å². The van der Waals surface area contributed by atoms with E-state index in [4.69, 9.17) is 21.6 Å². The second kappa shape index (κ2) is 8.41. The average Bonchev–Trinajstić information content (AvgIpc) is 3.49. The first-order valence-corrected chi connectivity index (χ1v) is 10.7. The summed E-state index contributed by atoms with van der Waals surface area (Å²) in [5.41, 5.74) is 6.08. The van der Waals surface area contributed by atoms with Crippen LogP contribution in [0.3, 0.4) is 0 Å². The maximum atomic E-state index is 14.9. The summed E-state index contributed by atoms with van der Waals surface area (Å²) in [6, 6.07) is 4.39. The van der Waals surface area contributed by atoms with E-state index < -0.39 is 17.3 Å². The van der Waals surface area contributed by atoms with Gasteiger partial charge in [0, 0.05) is 24.3 Å². The molecule has 0 radical (unpaired) electrons. The van der Waals surface area contributed by atoms with Crippen LogP contribution >= 0.6 is 11.8 Å². The van der Waals surface area contributed by atoms with Crippen LogP contribution < -0.4 is 15.8 Å². The molecule has 8 nitrogen and oxygen atoms in total. The van der Waals surface area contributed by atoms with Crippen LogP contribution in [0.1, 0.15) is 29.4 Å². The minimum atomic E-state index is -0.867. The van der Waals surface area contributed by atoms with E-state index in [1.54, 1.807) is 13.2 Å². The van der Waals surface area contributed by atoms with E-state index in [1.807, 2.05) is 6.92 Å². The van der Waals surface area contributed by atoms with Gasteiger partial charge >= 0.3 is 0 Å². The van der Waals surface area contributed by atoms with Gasteiger partial charge in [-0.05, 0) is 31.5 Å². The molecule has 166 valence electrons. The van der Waals surface area contributed by atoms with Crippen LogP contribution in [0.5, 0.6) is 5.88 Å². The summed E-state index contributed by atoms with van der Waals surface area (Å²) >= 11 is 1.48. The highest BCUT2D eigenvalue weighted by Crippen LogP contribution is 2.66. The van der Waals surface area contributed by atoms with Crippen molar-refractivity contribution in [3.8, 4) is 18.2 Å². The molecule has 2 aromatic rings. The largest absolute Gasteiger partial charge is 0.463 e. The number of terminal acetylenes is 1. The summed E-state index contributed by atoms with van der Waals surface area (Å²) in [7, 11) is 1.64. The van der Waals surface area contributed by atoms with Crippen molar-refractivity contribution in [3.05, 3.63) is 47.7 Å². The molecular weight excluding hydrogens is 433 g/mol. The van der Waals surface area contributed by atoms with Crippen LogP contribution in [0.15, 0.2) is 35.6 Å². The fraction of sp³-hybridized carbons (Fsp3) is 0.364. The van der Waals surface area contributed by atoms with E-state index in [9.17, 15) is 9.18 Å². The van der Waals surface area contributed by atoms with Gasteiger partial charge in [0.15, 0.2) is 11.8 Å². The van der Waals surface area contributed by atoms with Crippen molar-refractivity contribution in [2.75, 3.05) is 25.6 Å². The van der Waals surface area contributed by atoms with Gasteiger partial charge in [-0.25, -0.2) is 14.4 Å². The molecule has 3 atom stereocenters. The van der Waals surface area contributed by atoms with Crippen molar-refractivity contribution < 1.29 is 18.7 Å². The number of fused-ring (bicyclic) bond motifs is 1. The topological polar surface area (TPSA) is 112 Å². The van der Waals surface area contributed by atoms with Gasteiger partial charge in [0.05, 0.1) is 29.3 Å². The normalized spacial score (nSPS) is 25.8. The number of nitrogens with zero attached hydrogens (tertiary/aromatic N) is 3. The van der Waals surface area contributed by atoms with Gasteiger partial charge in [-0.2, -0.15) is 0 Å². The van der Waals surface area contributed by atoms with E-state index in [2.05, 4.69) is 26.2 Å². The number of carbonyl (C=O) groups is 1. The number of rotatable bonds is 7. The van der Waals surface area contributed by atoms with E-state index in [-0.39, 0.29) is 28.8 Å². The molecule has 1 aliphatic heterocycles. The highest BCUT2D eigenvalue weighted by molar-refractivity contribution is 8.15. The number of nitrogens with two attached hydrogens (primary N) is 1. The lowest BCUT2D eigenvalue weighted by molar-refractivity contribution is 0.102. The van der Waals surface area contributed by atoms with Crippen LogP contribution in [0.25, 0.3) is 0 Å². The predicted molar refractivity (Wildman–Crippen MR) is 120 cm³/mol. The minimum absolute atomic E-state index is 0.0511. The Morgan fingerprint density at radius 3 is 2.94 bits per heavy atom. The third-order valence-corrected chi connectivity index (χ3v) is 6.95. The number of anilines is 1. The van der Waals surface area contributed by atoms with Crippen molar-refractivity contribution in [2.24, 2.45) is 16.6 Å². The molecule has 3 N–H and O–H groups in total. The Bertz CT molecular complexity index is 1120. The van der Waals surface area contributed by atoms with Crippen molar-refractivity contribution >= 4 is 28.5 Å². The monoisotopic (exact) mass is 455 g/mol. The molecule has 1 aliphatic carbocycles. The van der Waals surface area contributed by atoms with Crippen molar-refractivity contribution in [1.82, 2.24) is 9.97 Å². The molecule has 1 aromatic heterocycles. The number of halogens is 1. The van der Waals surface area contributed by atoms with Crippen LogP contribution in [0.2, 0.25) is 0 Å². The highest BCUT2D eigenvalue weighted by atomic mass is 32.2. The molecule has 0 unspecified atom stereocenters. The Kier molecular flexibility index (Phi) is 5.79. The first-order chi connectivity index (χ1) is 15.3. The Labute approximate surface area is 189 Å². The fourth-order valence-corrected chi connectivity index (χ4v) is 5.59. The molecule has 1 aromatic carbocycles. The first kappa shape index (κ1) is 22.0. The standard InChI is InChI=1S/C22H22FN5O3S/c1-4-7-31-18-11-25-16(10-26-18)19(29)27-13-5-6-15(23)14(8-13)21(2)17-9-22(17,12-30-3)32-20(24)28-21/h1,5-6,8,10-11,17H,7,9,12H2,2-3H3,(H2,24,28)(H,27,29)/t17-,21-,22+/m0/s1. The number of hydrogen-bond donors (Lipinski definition) is 2. The van der Waals surface area contributed by atoms with Crippen LogP contribution in [0.4, 0.5) is 10.1 Å². The number of nitrogens with one attached hydrogen (secondary N) is 1. The quantitative estimate of drug-likeness (QED) is 0.617. The number of thioether (sulfide) groups is 1. The summed E-state index contributed by atoms with van der Waals surface area (Å²) in [6.45, 7) is 2.42. The number of amidine groups is 1. The molecule has 0 saturated heterocycles. The predicted octanol–water partition coefficient (Wildman–Crippen LogP) is 2.56. The Morgan fingerprint density at radius 2 is 2.25 bits per heavy atom. The molecule has 2 heterocycles. The lowest BCUT2D eigenvalue weighted by atomic mass is 9.85. The molecule has 0 bridgehead atoms. The molecule has 1 saturated carbocycles. The lowest BCUT2D eigenvalue weighted by Crippen LogP contribution is -2.37. The van der Waals surface area contributed by atoms with Gasteiger partial charge in [-0.3, -0.25) is 9.79 Å². The maximum absolute atomic E-state index is 14.9. The minimum Gasteiger partial charge on any atom is -0.463 e. The van der Waals surface area contributed by atoms with E-state index in [0.29, 0.717) is 23.0 Å². The molecule has 2 aliphatic rings. The number of aromatic nitrogens is 2. The summed E-state index contributed by atoms with van der Waals surface area (Å²) in [5, 5.41) is 3.13. The van der Waals surface area contributed by atoms with Gasteiger partial charge in [-0.1, -0.05) is 17.7 Å². The number of methoxy groups -OCH3 is 1. The van der Waals surface area contributed by atoms with Gasteiger partial charge in [-0.15, -0.1) is 6.42 Å². The lowest BCUT2D eigenvalue weighted by Gasteiger charge is -2.34. The average molecular weight is 456 g/mol. The molecule has 32 heavy (non-hydrogen) atoms. The van der Waals surface area contributed by atoms with Crippen molar-refractivity contribution in [1.29, 1.82) is 0 Å². The highest BCUT2D eigenvalue weighted by Gasteiger charge is 2.66. The van der Waals surface area contributed by atoms with Gasteiger partial charge < -0.3 is 20.5 Å². The number of aliphatic imine (C=N–C) groups is 1. The number of benzene rings is 1. The number of amides is 1. The summed E-state index contributed by atoms with van der Waals surface area (Å²) in [6.07, 6.45) is 8.53. The fourth-order valence-electron chi connectivity index (χ4n) is 4.14. The molecule has 10 heteroatoms. The Morgan fingerprint density at radius 1 is 1.44 bits per heavy atom. The third kappa shape index (κ3) is 4.01. The van der Waals surface area contributed by atoms with Gasteiger partial charge in [0.1, 0.15) is 11.5 Å². The molecule has 4 rings (SSSR count). The second-order valence-corrected chi connectivity index (χ2v) is 9.27. The van der Waals surface area contributed by atoms with Crippen molar-refractivity contribution in [3.63, 3.8) is 0 Å². The molecule has 1 fully saturated rings. The van der Waals surface area contributed by atoms with Gasteiger partial charge in [0.2, 0.25) is 5.88 Å². The Balaban J connectivity index is 1.56. The second-order valence-electron chi connectivity index (χ2n) is 7.84. The summed E-state index contributed by atoms with van der Waals surface area (Å²) in [5.74, 6) is 1.69. The zero-order valence-electron chi connectivity index (χ0n) is 17.6.